The summed E-state index contributed by atoms with van der Waals surface area (Å²) in [6, 6.07) is 12.9. The van der Waals surface area contributed by atoms with Gasteiger partial charge in [0.25, 0.3) is 5.91 Å². The number of carbonyl (C=O) groups excluding carboxylic acids is 1. The number of aromatic nitrogens is 2. The van der Waals surface area contributed by atoms with Gasteiger partial charge < -0.3 is 10.2 Å². The van der Waals surface area contributed by atoms with E-state index in [0.717, 1.165) is 46.3 Å². The number of alkyl halides is 3. The molecule has 3 aromatic rings. The van der Waals surface area contributed by atoms with E-state index < -0.39 is 18.3 Å². The van der Waals surface area contributed by atoms with Gasteiger partial charge in [-0.3, -0.25) is 4.79 Å². The summed E-state index contributed by atoms with van der Waals surface area (Å²) in [4.78, 5) is 15.2. The first-order chi connectivity index (χ1) is 15.9. The molecule has 2 aliphatic rings. The maximum Gasteiger partial charge on any atom is 0.410 e. The number of nitrogens with zero attached hydrogens (tertiary/aromatic N) is 3. The van der Waals surface area contributed by atoms with Crippen LogP contribution in [0.4, 0.5) is 24.7 Å². The minimum absolute atomic E-state index is 0.126. The fraction of sp³-hybridized carbons (Fsp3) is 0.360. The van der Waals surface area contributed by atoms with Crippen molar-refractivity contribution in [2.45, 2.75) is 50.9 Å². The summed E-state index contributed by atoms with van der Waals surface area (Å²) in [6.45, 7) is 2.55. The summed E-state index contributed by atoms with van der Waals surface area (Å²) >= 11 is 0. The van der Waals surface area contributed by atoms with Crippen molar-refractivity contribution in [1.29, 1.82) is 0 Å². The highest BCUT2D eigenvalue weighted by atomic mass is 19.4. The number of nitrogens with one attached hydrogen (secondary N) is 1. The van der Waals surface area contributed by atoms with E-state index in [9.17, 15) is 18.0 Å². The van der Waals surface area contributed by atoms with Gasteiger partial charge in [0.1, 0.15) is 11.4 Å². The second kappa shape index (κ2) is 8.24. The zero-order chi connectivity index (χ0) is 23.2. The Hall–Kier alpha value is -3.29. The predicted molar refractivity (Wildman–Crippen MR) is 121 cm³/mol. The standard InChI is InChI=1S/C25H25F3N4O/c1-2-16-9-11-17(12-10-16)20-14-22(25(26,27)28)32-23(30-20)19(15-29-32)24(33)31-13-5-7-18-6-3-4-8-21(18)31/h3-4,6,8-12,15,20,22,30H,2,5,7,13-14H2,1H3/t20-,22+/m0/s1. The number of amides is 1. The fourth-order valence-corrected chi connectivity index (χ4v) is 4.81. The lowest BCUT2D eigenvalue weighted by Crippen LogP contribution is -2.38. The quantitative estimate of drug-likeness (QED) is 0.553. The van der Waals surface area contributed by atoms with Crippen molar-refractivity contribution in [2.75, 3.05) is 16.8 Å². The Balaban J connectivity index is 1.53. The summed E-state index contributed by atoms with van der Waals surface area (Å²) in [5.41, 5.74) is 3.91. The second-order valence-electron chi connectivity index (χ2n) is 8.63. The number of rotatable bonds is 3. The van der Waals surface area contributed by atoms with Crippen LogP contribution in [-0.2, 0) is 12.8 Å². The van der Waals surface area contributed by atoms with Crippen LogP contribution in [0.15, 0.2) is 54.7 Å². The minimum Gasteiger partial charge on any atom is -0.363 e. The van der Waals surface area contributed by atoms with E-state index in [1.165, 1.54) is 6.20 Å². The van der Waals surface area contributed by atoms with Gasteiger partial charge in [0.15, 0.2) is 6.04 Å². The number of anilines is 2. The third kappa shape index (κ3) is 3.87. The Bertz CT molecular complexity index is 1170. The number of halogens is 3. The average Bonchev–Trinajstić information content (AvgIpc) is 3.26. The minimum atomic E-state index is -4.48. The lowest BCUT2D eigenvalue weighted by molar-refractivity contribution is -0.173. The zero-order valence-electron chi connectivity index (χ0n) is 18.3. The molecule has 0 radical (unpaired) electrons. The Labute approximate surface area is 190 Å². The molecule has 0 aliphatic carbocycles. The van der Waals surface area contributed by atoms with Gasteiger partial charge in [-0.1, -0.05) is 49.4 Å². The Morgan fingerprint density at radius 3 is 2.64 bits per heavy atom. The maximum atomic E-state index is 14.0. The van der Waals surface area contributed by atoms with Gasteiger partial charge in [-0.05, 0) is 42.0 Å². The van der Waals surface area contributed by atoms with Gasteiger partial charge in [-0.15, -0.1) is 0 Å². The zero-order valence-corrected chi connectivity index (χ0v) is 18.3. The van der Waals surface area contributed by atoms with E-state index in [4.69, 9.17) is 0 Å². The molecule has 2 atom stereocenters. The average molecular weight is 454 g/mol. The van der Waals surface area contributed by atoms with Crippen molar-refractivity contribution in [3.63, 3.8) is 0 Å². The molecular formula is C25H25F3N4O. The van der Waals surface area contributed by atoms with Crippen molar-refractivity contribution in [3.8, 4) is 0 Å². The van der Waals surface area contributed by atoms with Crippen LogP contribution in [0.25, 0.3) is 0 Å². The molecule has 0 saturated carbocycles. The summed E-state index contributed by atoms with van der Waals surface area (Å²) in [5.74, 6) is -0.208. The van der Waals surface area contributed by atoms with Crippen molar-refractivity contribution in [1.82, 2.24) is 9.78 Å². The Morgan fingerprint density at radius 1 is 1.15 bits per heavy atom. The van der Waals surface area contributed by atoms with Crippen LogP contribution < -0.4 is 10.2 Å². The molecule has 172 valence electrons. The SMILES string of the molecule is CCc1ccc([C@@H]2C[C@H](C(F)(F)F)n3ncc(C(=O)N4CCCc5ccccc54)c3N2)cc1. The van der Waals surface area contributed by atoms with E-state index in [0.29, 0.717) is 6.54 Å². The van der Waals surface area contributed by atoms with Gasteiger partial charge in [-0.2, -0.15) is 18.3 Å². The van der Waals surface area contributed by atoms with Crippen molar-refractivity contribution >= 4 is 17.4 Å². The van der Waals surface area contributed by atoms with Crippen molar-refractivity contribution < 1.29 is 18.0 Å². The molecule has 0 unspecified atom stereocenters. The molecular weight excluding hydrogens is 429 g/mol. The van der Waals surface area contributed by atoms with Crippen LogP contribution in [0.5, 0.6) is 0 Å². The second-order valence-corrected chi connectivity index (χ2v) is 8.63. The van der Waals surface area contributed by atoms with Crippen LogP contribution in [0.2, 0.25) is 0 Å². The molecule has 1 amide bonds. The third-order valence-electron chi connectivity index (χ3n) is 6.61. The van der Waals surface area contributed by atoms with Crippen LogP contribution in [0.3, 0.4) is 0 Å². The number of carbonyl (C=O) groups is 1. The first-order valence-corrected chi connectivity index (χ1v) is 11.3. The summed E-state index contributed by atoms with van der Waals surface area (Å²) in [7, 11) is 0. The van der Waals surface area contributed by atoms with E-state index in [1.54, 1.807) is 4.90 Å². The third-order valence-corrected chi connectivity index (χ3v) is 6.61. The highest BCUT2D eigenvalue weighted by Gasteiger charge is 2.47. The van der Waals surface area contributed by atoms with Gasteiger partial charge >= 0.3 is 6.18 Å². The lowest BCUT2D eigenvalue weighted by Gasteiger charge is -2.35. The summed E-state index contributed by atoms with van der Waals surface area (Å²) in [6.07, 6.45) is -0.880. The first kappa shape index (κ1) is 21.6. The normalized spacial score (nSPS) is 20.1. The summed E-state index contributed by atoms with van der Waals surface area (Å²) < 4.78 is 42.9. The van der Waals surface area contributed by atoms with Gasteiger partial charge in [-0.25, -0.2) is 4.68 Å². The topological polar surface area (TPSA) is 50.2 Å². The molecule has 0 fully saturated rings. The van der Waals surface area contributed by atoms with Crippen LogP contribution in [0, 0.1) is 0 Å². The number of hydrogen-bond donors (Lipinski definition) is 1. The molecule has 2 aliphatic heterocycles. The van der Waals surface area contributed by atoms with Crippen molar-refractivity contribution in [3.05, 3.63) is 77.0 Å². The molecule has 33 heavy (non-hydrogen) atoms. The molecule has 0 saturated heterocycles. The molecule has 1 N–H and O–H groups in total. The number of aryl methyl sites for hydroxylation is 2. The Morgan fingerprint density at radius 2 is 1.91 bits per heavy atom. The lowest BCUT2D eigenvalue weighted by atomic mass is 9.95. The Kier molecular flexibility index (Phi) is 5.38. The molecule has 5 rings (SSSR count). The van der Waals surface area contributed by atoms with E-state index in [2.05, 4.69) is 10.4 Å². The molecule has 1 aromatic heterocycles. The number of para-hydroxylation sites is 1. The molecule has 8 heteroatoms. The van der Waals surface area contributed by atoms with Crippen LogP contribution >= 0.6 is 0 Å². The fourth-order valence-electron chi connectivity index (χ4n) is 4.81. The van der Waals surface area contributed by atoms with E-state index in [-0.39, 0.29) is 23.7 Å². The molecule has 5 nitrogen and oxygen atoms in total. The smallest absolute Gasteiger partial charge is 0.363 e. The first-order valence-electron chi connectivity index (χ1n) is 11.3. The predicted octanol–water partition coefficient (Wildman–Crippen LogP) is 5.70. The molecule has 0 spiro atoms. The molecule has 2 aromatic carbocycles. The highest BCUT2D eigenvalue weighted by molar-refractivity contribution is 6.09. The largest absolute Gasteiger partial charge is 0.410 e. The number of benzene rings is 2. The van der Waals surface area contributed by atoms with Crippen LogP contribution in [-0.4, -0.2) is 28.4 Å². The van der Waals surface area contributed by atoms with Crippen LogP contribution in [0.1, 0.15) is 58.9 Å². The van der Waals surface area contributed by atoms with E-state index in [1.807, 2.05) is 55.5 Å². The summed E-state index contributed by atoms with van der Waals surface area (Å²) in [5, 5.41) is 7.22. The van der Waals surface area contributed by atoms with Gasteiger partial charge in [0.05, 0.1) is 12.2 Å². The number of hydrogen-bond acceptors (Lipinski definition) is 3. The van der Waals surface area contributed by atoms with Gasteiger partial charge in [0.2, 0.25) is 0 Å². The van der Waals surface area contributed by atoms with Crippen molar-refractivity contribution in [2.24, 2.45) is 0 Å². The van der Waals surface area contributed by atoms with E-state index >= 15 is 0 Å². The van der Waals surface area contributed by atoms with Gasteiger partial charge in [0, 0.05) is 18.7 Å². The maximum absolute atomic E-state index is 14.0. The molecule has 3 heterocycles. The molecule has 0 bridgehead atoms. The monoisotopic (exact) mass is 454 g/mol. The highest BCUT2D eigenvalue weighted by Crippen LogP contribution is 2.44. The number of fused-ring (bicyclic) bond motifs is 2.